The van der Waals surface area contributed by atoms with Gasteiger partial charge in [-0.2, -0.15) is 0 Å². The molecule has 1 aliphatic rings. The van der Waals surface area contributed by atoms with Crippen LogP contribution < -0.4 is 14.2 Å². The average molecular weight is 470 g/mol. The second kappa shape index (κ2) is 11.0. The van der Waals surface area contributed by atoms with Crippen LogP contribution in [0, 0.1) is 11.3 Å². The number of methoxy groups -OCH3 is 2. The number of esters is 2. The molecule has 1 aliphatic heterocycles. The third-order valence-corrected chi connectivity index (χ3v) is 5.83. The van der Waals surface area contributed by atoms with Crippen LogP contribution in [0.1, 0.15) is 45.1 Å². The highest BCUT2D eigenvalue weighted by Crippen LogP contribution is 2.43. The molecular weight excluding hydrogens is 438 g/mol. The first kappa shape index (κ1) is 25.1. The Balaban J connectivity index is 2.07. The van der Waals surface area contributed by atoms with Gasteiger partial charge in [-0.15, -0.1) is 0 Å². The molecule has 8 nitrogen and oxygen atoms in total. The second-order valence-electron chi connectivity index (χ2n) is 8.07. The van der Waals surface area contributed by atoms with Crippen molar-refractivity contribution >= 4 is 17.8 Å². The van der Waals surface area contributed by atoms with Gasteiger partial charge in [0.2, 0.25) is 5.90 Å². The largest absolute Gasteiger partial charge is 0.497 e. The Labute approximate surface area is 199 Å². The smallest absolute Gasteiger partial charge is 0.319 e. The first-order valence-electron chi connectivity index (χ1n) is 11.3. The molecule has 0 saturated heterocycles. The summed E-state index contributed by atoms with van der Waals surface area (Å²) in [4.78, 5) is 25.5. The van der Waals surface area contributed by atoms with Crippen LogP contribution in [0.2, 0.25) is 0 Å². The van der Waals surface area contributed by atoms with Crippen LogP contribution in [-0.2, 0) is 19.1 Å². The minimum Gasteiger partial charge on any atom is -0.497 e. The van der Waals surface area contributed by atoms with Crippen LogP contribution in [-0.4, -0.2) is 44.8 Å². The molecule has 2 aromatic carbocycles. The van der Waals surface area contributed by atoms with E-state index in [0.29, 0.717) is 29.2 Å². The number of fused-ring (bicyclic) bond motifs is 1. The van der Waals surface area contributed by atoms with E-state index < -0.39 is 23.8 Å². The fourth-order valence-electron chi connectivity index (χ4n) is 3.90. The number of hydrogen-bond donors (Lipinski definition) is 1. The minimum atomic E-state index is -1.05. The Hall–Kier alpha value is -3.55. The SMILES string of the molecule is CCOC(=O)C1C(=N)Oc2ccc(-c3cc(OC)cc(OC)c3)cc2[C@H]1CC(=O)O[C@H](C)CC. The summed E-state index contributed by atoms with van der Waals surface area (Å²) in [5.74, 6) is -1.33. The normalized spacial score (nSPS) is 17.7. The summed E-state index contributed by atoms with van der Waals surface area (Å²) < 4.78 is 27.2. The van der Waals surface area contributed by atoms with Crippen molar-refractivity contribution in [1.82, 2.24) is 0 Å². The van der Waals surface area contributed by atoms with Gasteiger partial charge in [0.25, 0.3) is 0 Å². The molecule has 34 heavy (non-hydrogen) atoms. The van der Waals surface area contributed by atoms with Crippen molar-refractivity contribution in [3.05, 3.63) is 42.0 Å². The summed E-state index contributed by atoms with van der Waals surface area (Å²) in [6, 6.07) is 11.0. The van der Waals surface area contributed by atoms with Crippen molar-refractivity contribution in [2.75, 3.05) is 20.8 Å². The van der Waals surface area contributed by atoms with Crippen LogP contribution in [0.25, 0.3) is 11.1 Å². The number of carbonyl (C=O) groups is 2. The molecule has 2 aromatic rings. The lowest BCUT2D eigenvalue weighted by molar-refractivity contribution is -0.150. The highest BCUT2D eigenvalue weighted by atomic mass is 16.5. The number of ether oxygens (including phenoxy) is 5. The number of benzene rings is 2. The van der Waals surface area contributed by atoms with Gasteiger partial charge in [0, 0.05) is 17.5 Å². The Morgan fingerprint density at radius 1 is 1.03 bits per heavy atom. The minimum absolute atomic E-state index is 0.0859. The van der Waals surface area contributed by atoms with E-state index in [2.05, 4.69) is 0 Å². The summed E-state index contributed by atoms with van der Waals surface area (Å²) in [6.07, 6.45) is 0.342. The number of hydrogen-bond acceptors (Lipinski definition) is 8. The standard InChI is InChI=1S/C26H31NO7/c1-6-15(3)33-23(28)14-21-20-12-16(17-10-18(30-4)13-19(11-17)31-5)8-9-22(20)34-25(27)24(21)26(29)32-7-2/h8-13,15,21,24,27H,6-7,14H2,1-5H3/t15-,21-,24?/m1/s1. The number of carbonyl (C=O) groups excluding carboxylic acids is 2. The molecule has 3 atom stereocenters. The number of nitrogens with one attached hydrogen (secondary N) is 1. The molecule has 0 radical (unpaired) electrons. The quantitative estimate of drug-likeness (QED) is 0.529. The van der Waals surface area contributed by atoms with Crippen LogP contribution in [0.5, 0.6) is 17.2 Å². The zero-order chi connectivity index (χ0) is 24.8. The second-order valence-corrected chi connectivity index (χ2v) is 8.07. The molecule has 1 heterocycles. The van der Waals surface area contributed by atoms with Gasteiger partial charge in [0.15, 0.2) is 0 Å². The van der Waals surface area contributed by atoms with E-state index in [4.69, 9.17) is 29.1 Å². The molecule has 182 valence electrons. The van der Waals surface area contributed by atoms with Gasteiger partial charge in [-0.05, 0) is 55.7 Å². The Morgan fingerprint density at radius 2 is 1.71 bits per heavy atom. The van der Waals surface area contributed by atoms with Crippen LogP contribution in [0.4, 0.5) is 0 Å². The van der Waals surface area contributed by atoms with Gasteiger partial charge < -0.3 is 23.7 Å². The molecule has 1 unspecified atom stereocenters. The number of rotatable bonds is 9. The first-order chi connectivity index (χ1) is 16.3. The molecule has 8 heteroatoms. The zero-order valence-corrected chi connectivity index (χ0v) is 20.2. The van der Waals surface area contributed by atoms with Crippen molar-refractivity contribution in [1.29, 1.82) is 5.41 Å². The molecule has 0 bridgehead atoms. The van der Waals surface area contributed by atoms with E-state index in [9.17, 15) is 9.59 Å². The van der Waals surface area contributed by atoms with Crippen molar-refractivity contribution in [2.45, 2.75) is 45.6 Å². The monoisotopic (exact) mass is 469 g/mol. The topological polar surface area (TPSA) is 104 Å². The fraction of sp³-hybridized carbons (Fsp3) is 0.423. The van der Waals surface area contributed by atoms with Crippen LogP contribution in [0.15, 0.2) is 36.4 Å². The molecule has 0 aromatic heterocycles. The third kappa shape index (κ3) is 5.50. The van der Waals surface area contributed by atoms with E-state index in [-0.39, 0.29) is 25.0 Å². The fourth-order valence-corrected chi connectivity index (χ4v) is 3.90. The van der Waals surface area contributed by atoms with Crippen molar-refractivity contribution < 1.29 is 33.3 Å². The summed E-state index contributed by atoms with van der Waals surface area (Å²) in [5, 5.41) is 8.35. The van der Waals surface area contributed by atoms with Crippen molar-refractivity contribution in [3.8, 4) is 28.4 Å². The molecule has 3 rings (SSSR count). The van der Waals surface area contributed by atoms with Crippen molar-refractivity contribution in [2.24, 2.45) is 5.92 Å². The van der Waals surface area contributed by atoms with Crippen LogP contribution >= 0.6 is 0 Å². The Kier molecular flexibility index (Phi) is 8.15. The first-order valence-corrected chi connectivity index (χ1v) is 11.3. The highest BCUT2D eigenvalue weighted by molar-refractivity contribution is 6.00. The lowest BCUT2D eigenvalue weighted by atomic mass is 9.80. The summed E-state index contributed by atoms with van der Waals surface area (Å²) in [5.41, 5.74) is 2.28. The van der Waals surface area contributed by atoms with Gasteiger partial charge in [-0.25, -0.2) is 0 Å². The molecule has 0 fully saturated rings. The van der Waals surface area contributed by atoms with E-state index in [1.165, 1.54) is 0 Å². The lowest BCUT2D eigenvalue weighted by Crippen LogP contribution is -2.39. The Morgan fingerprint density at radius 3 is 2.29 bits per heavy atom. The summed E-state index contributed by atoms with van der Waals surface area (Å²) in [6.45, 7) is 5.59. The average Bonchev–Trinajstić information content (AvgIpc) is 2.83. The van der Waals surface area contributed by atoms with Crippen molar-refractivity contribution in [3.63, 3.8) is 0 Å². The maximum absolute atomic E-state index is 12.8. The van der Waals surface area contributed by atoms with E-state index in [0.717, 1.165) is 11.1 Å². The lowest BCUT2D eigenvalue weighted by Gasteiger charge is -2.32. The Bertz CT molecular complexity index is 1040. The van der Waals surface area contributed by atoms with Gasteiger partial charge in [0.1, 0.15) is 23.2 Å². The predicted octanol–water partition coefficient (Wildman–Crippen LogP) is 4.74. The molecular formula is C26H31NO7. The molecule has 0 saturated carbocycles. The molecule has 1 N–H and O–H groups in total. The summed E-state index contributed by atoms with van der Waals surface area (Å²) >= 11 is 0. The third-order valence-electron chi connectivity index (χ3n) is 5.83. The molecule has 0 aliphatic carbocycles. The van der Waals surface area contributed by atoms with Gasteiger partial charge >= 0.3 is 11.9 Å². The van der Waals surface area contributed by atoms with E-state index in [1.807, 2.05) is 38.1 Å². The highest BCUT2D eigenvalue weighted by Gasteiger charge is 2.43. The molecule has 0 amide bonds. The maximum atomic E-state index is 12.8. The molecule has 0 spiro atoms. The van der Waals surface area contributed by atoms with E-state index >= 15 is 0 Å². The maximum Gasteiger partial charge on any atom is 0.319 e. The summed E-state index contributed by atoms with van der Waals surface area (Å²) in [7, 11) is 3.15. The van der Waals surface area contributed by atoms with Gasteiger partial charge in [0.05, 0.1) is 33.4 Å². The van der Waals surface area contributed by atoms with E-state index in [1.54, 1.807) is 33.3 Å². The zero-order valence-electron chi connectivity index (χ0n) is 20.2. The predicted molar refractivity (Wildman–Crippen MR) is 127 cm³/mol. The van der Waals surface area contributed by atoms with Crippen LogP contribution in [0.3, 0.4) is 0 Å². The van der Waals surface area contributed by atoms with Gasteiger partial charge in [-0.1, -0.05) is 13.0 Å². The van der Waals surface area contributed by atoms with Gasteiger partial charge in [-0.3, -0.25) is 15.0 Å².